The van der Waals surface area contributed by atoms with Gasteiger partial charge in [0, 0.05) is 60.2 Å². The molecular weight excluding hydrogens is 466 g/mol. The molecule has 0 radical (unpaired) electrons. The van der Waals surface area contributed by atoms with Crippen molar-refractivity contribution < 1.29 is 4.79 Å². The molecule has 3 N–H and O–H groups in total. The summed E-state index contributed by atoms with van der Waals surface area (Å²) in [4.78, 5) is 29.0. The first kappa shape index (κ1) is 22.2. The number of rotatable bonds is 5. The van der Waals surface area contributed by atoms with Gasteiger partial charge in [-0.25, -0.2) is 14.8 Å². The molecule has 0 saturated heterocycles. The smallest absolute Gasteiger partial charge is 0.324 e. The number of carbonyl (C=O) groups is 1. The van der Waals surface area contributed by atoms with E-state index in [0.29, 0.717) is 11.5 Å². The van der Waals surface area contributed by atoms with E-state index in [4.69, 9.17) is 0 Å². The third kappa shape index (κ3) is 4.43. The molecule has 10 heteroatoms. The highest BCUT2D eigenvalue weighted by atomic mass is 16.2. The first-order valence-corrected chi connectivity index (χ1v) is 11.6. The molecule has 6 aromatic rings. The maximum atomic E-state index is 12.6. The van der Waals surface area contributed by atoms with Gasteiger partial charge in [-0.3, -0.25) is 19.5 Å². The molecule has 37 heavy (non-hydrogen) atoms. The molecule has 0 unspecified atom stereocenters. The quantitative estimate of drug-likeness (QED) is 0.309. The zero-order valence-corrected chi connectivity index (χ0v) is 20.2. The lowest BCUT2D eigenvalue weighted by molar-refractivity contribution is 0.262. The number of pyridine rings is 2. The predicted octanol–water partition coefficient (Wildman–Crippen LogP) is 5.16. The van der Waals surface area contributed by atoms with Gasteiger partial charge in [0.05, 0.1) is 16.9 Å². The van der Waals surface area contributed by atoms with E-state index >= 15 is 0 Å². The topological polar surface area (TPSA) is 118 Å². The number of aromatic nitrogens is 7. The van der Waals surface area contributed by atoms with E-state index in [1.807, 2.05) is 66.2 Å². The number of aryl methyl sites for hydroxylation is 2. The number of anilines is 2. The van der Waals surface area contributed by atoms with Crippen LogP contribution < -0.4 is 10.6 Å². The number of aromatic amines is 1. The second-order valence-electron chi connectivity index (χ2n) is 8.63. The lowest BCUT2D eigenvalue weighted by Crippen LogP contribution is -2.20. The zero-order valence-electron chi connectivity index (χ0n) is 20.2. The van der Waals surface area contributed by atoms with Crippen molar-refractivity contribution in [2.45, 2.75) is 6.92 Å². The van der Waals surface area contributed by atoms with Crippen LogP contribution in [0, 0.1) is 6.92 Å². The van der Waals surface area contributed by atoms with Gasteiger partial charge in [-0.2, -0.15) is 5.10 Å². The Balaban J connectivity index is 1.17. The summed E-state index contributed by atoms with van der Waals surface area (Å²) in [6.45, 7) is 1.95. The third-order valence-corrected chi connectivity index (χ3v) is 6.03. The molecule has 0 aliphatic carbocycles. The minimum Gasteiger partial charge on any atom is -0.354 e. The maximum absolute atomic E-state index is 12.6. The number of carbonyl (C=O) groups excluding carboxylic acids is 1. The Morgan fingerprint density at radius 1 is 0.919 bits per heavy atom. The van der Waals surface area contributed by atoms with Crippen molar-refractivity contribution in [2.24, 2.45) is 7.05 Å². The number of nitrogens with one attached hydrogen (secondary N) is 3. The molecule has 0 aliphatic rings. The molecule has 0 atom stereocenters. The summed E-state index contributed by atoms with van der Waals surface area (Å²) in [6, 6.07) is 16.9. The van der Waals surface area contributed by atoms with E-state index in [2.05, 4.69) is 41.7 Å². The van der Waals surface area contributed by atoms with E-state index in [-0.39, 0.29) is 6.03 Å². The number of imidazole rings is 1. The third-order valence-electron chi connectivity index (χ3n) is 6.03. The number of amides is 2. The summed E-state index contributed by atoms with van der Waals surface area (Å²) < 4.78 is 3.55. The van der Waals surface area contributed by atoms with Gasteiger partial charge in [-0.1, -0.05) is 12.1 Å². The standard InChI is InChI=1S/C27H23N9O/c1-17-15-36(16-30-17)26-21-13-23(32-22(21)9-12-29-26)18-3-5-20(6-4-18)31-27(37)33-25-14-24(34-35(25)2)19-7-10-28-11-8-19/h3-16,32H,1-2H3,(H2,31,33,37). The van der Waals surface area contributed by atoms with Crippen LogP contribution in [0.1, 0.15) is 5.69 Å². The molecule has 6 rings (SSSR count). The van der Waals surface area contributed by atoms with Gasteiger partial charge in [-0.05, 0) is 48.9 Å². The zero-order chi connectivity index (χ0) is 25.4. The van der Waals surface area contributed by atoms with Crippen LogP contribution in [0.2, 0.25) is 0 Å². The number of nitrogens with zero attached hydrogens (tertiary/aromatic N) is 6. The van der Waals surface area contributed by atoms with Crippen LogP contribution in [-0.4, -0.2) is 40.3 Å². The van der Waals surface area contributed by atoms with Gasteiger partial charge >= 0.3 is 6.03 Å². The molecule has 0 bridgehead atoms. The van der Waals surface area contributed by atoms with Gasteiger partial charge in [0.25, 0.3) is 0 Å². The Kier molecular flexibility index (Phi) is 5.45. The van der Waals surface area contributed by atoms with Crippen LogP contribution in [0.3, 0.4) is 0 Å². The number of H-pyrrole nitrogens is 1. The highest BCUT2D eigenvalue weighted by molar-refractivity contribution is 5.99. The minimum absolute atomic E-state index is 0.353. The largest absolute Gasteiger partial charge is 0.354 e. The van der Waals surface area contributed by atoms with Crippen molar-refractivity contribution in [3.8, 4) is 28.3 Å². The average Bonchev–Trinajstić information content (AvgIpc) is 3.63. The second kappa shape index (κ2) is 9.08. The van der Waals surface area contributed by atoms with Crippen LogP contribution >= 0.6 is 0 Å². The maximum Gasteiger partial charge on any atom is 0.324 e. The SMILES string of the molecule is Cc1cn(-c2nccc3[nH]c(-c4ccc(NC(=O)Nc5cc(-c6ccncc6)nn5C)cc4)cc23)cn1. The summed E-state index contributed by atoms with van der Waals surface area (Å²) in [5.41, 5.74) is 6.21. The van der Waals surface area contributed by atoms with Crippen molar-refractivity contribution in [2.75, 3.05) is 10.6 Å². The number of urea groups is 1. The molecule has 0 aliphatic heterocycles. The number of benzene rings is 1. The molecule has 182 valence electrons. The summed E-state index contributed by atoms with van der Waals surface area (Å²) in [5, 5.41) is 11.2. The van der Waals surface area contributed by atoms with Gasteiger partial charge in [0.15, 0.2) is 0 Å². The molecule has 2 amide bonds. The van der Waals surface area contributed by atoms with Gasteiger partial charge in [0.1, 0.15) is 18.0 Å². The average molecular weight is 490 g/mol. The van der Waals surface area contributed by atoms with E-state index in [1.54, 1.807) is 36.6 Å². The summed E-state index contributed by atoms with van der Waals surface area (Å²) in [6.07, 6.45) is 8.91. The Hall–Kier alpha value is -5.25. The molecule has 0 fully saturated rings. The van der Waals surface area contributed by atoms with Crippen LogP contribution in [0.15, 0.2) is 85.7 Å². The molecule has 5 heterocycles. The highest BCUT2D eigenvalue weighted by Crippen LogP contribution is 2.28. The second-order valence-corrected chi connectivity index (χ2v) is 8.63. The molecule has 0 saturated carbocycles. The van der Waals surface area contributed by atoms with Crippen LogP contribution in [0.25, 0.3) is 39.2 Å². The Labute approximate surface area is 212 Å². The number of hydrogen-bond donors (Lipinski definition) is 3. The van der Waals surface area contributed by atoms with Gasteiger partial charge in [0.2, 0.25) is 0 Å². The van der Waals surface area contributed by atoms with Crippen LogP contribution in [0.4, 0.5) is 16.3 Å². The lowest BCUT2D eigenvalue weighted by atomic mass is 10.1. The minimum atomic E-state index is -0.353. The van der Waals surface area contributed by atoms with Crippen LogP contribution in [0.5, 0.6) is 0 Å². The van der Waals surface area contributed by atoms with E-state index < -0.39 is 0 Å². The highest BCUT2D eigenvalue weighted by Gasteiger charge is 2.12. The lowest BCUT2D eigenvalue weighted by Gasteiger charge is -2.08. The summed E-state index contributed by atoms with van der Waals surface area (Å²) in [7, 11) is 1.78. The molecule has 5 aromatic heterocycles. The van der Waals surface area contributed by atoms with E-state index in [0.717, 1.165) is 44.9 Å². The van der Waals surface area contributed by atoms with Crippen molar-refractivity contribution >= 4 is 28.4 Å². The van der Waals surface area contributed by atoms with Crippen molar-refractivity contribution in [1.29, 1.82) is 0 Å². The van der Waals surface area contributed by atoms with Crippen LogP contribution in [-0.2, 0) is 7.05 Å². The Bertz CT molecular complexity index is 1710. The normalized spacial score (nSPS) is 11.1. The molecular formula is C27H23N9O. The molecule has 10 nitrogen and oxygen atoms in total. The molecule has 1 aromatic carbocycles. The Morgan fingerprint density at radius 2 is 1.73 bits per heavy atom. The fourth-order valence-electron chi connectivity index (χ4n) is 4.20. The number of fused-ring (bicyclic) bond motifs is 1. The Morgan fingerprint density at radius 3 is 2.49 bits per heavy atom. The molecule has 0 spiro atoms. The predicted molar refractivity (Wildman–Crippen MR) is 142 cm³/mol. The van der Waals surface area contributed by atoms with Crippen molar-refractivity contribution in [3.63, 3.8) is 0 Å². The first-order chi connectivity index (χ1) is 18.0. The van der Waals surface area contributed by atoms with E-state index in [9.17, 15) is 4.79 Å². The van der Waals surface area contributed by atoms with Gasteiger partial charge in [-0.15, -0.1) is 0 Å². The fourth-order valence-corrected chi connectivity index (χ4v) is 4.20. The van der Waals surface area contributed by atoms with Crippen molar-refractivity contribution in [3.05, 3.63) is 91.4 Å². The summed E-state index contributed by atoms with van der Waals surface area (Å²) in [5.74, 6) is 1.40. The number of hydrogen-bond acceptors (Lipinski definition) is 5. The van der Waals surface area contributed by atoms with Crippen molar-refractivity contribution in [1.82, 2.24) is 34.3 Å². The first-order valence-electron chi connectivity index (χ1n) is 11.6. The fraction of sp³-hybridized carbons (Fsp3) is 0.0741. The monoisotopic (exact) mass is 489 g/mol. The summed E-state index contributed by atoms with van der Waals surface area (Å²) >= 11 is 0. The van der Waals surface area contributed by atoms with E-state index in [1.165, 1.54) is 0 Å². The van der Waals surface area contributed by atoms with Gasteiger partial charge < -0.3 is 10.3 Å².